The van der Waals surface area contributed by atoms with Crippen LogP contribution in [0.15, 0.2) is 17.3 Å². The third kappa shape index (κ3) is 7.31. The molecule has 0 unspecified atom stereocenters. The predicted molar refractivity (Wildman–Crippen MR) is 73.4 cm³/mol. The Balaban J connectivity index is -0.000000563. The molecule has 0 aromatic carbocycles. The Morgan fingerprint density at radius 2 is 2.00 bits per heavy atom. The van der Waals surface area contributed by atoms with Gasteiger partial charge in [0.15, 0.2) is 8.32 Å². The fraction of sp³-hybridized carbons (Fsp3) is 0.636. The van der Waals surface area contributed by atoms with Gasteiger partial charge in [-0.25, -0.2) is 11.3 Å². The maximum atomic E-state index is 5.94. The third-order valence-electron chi connectivity index (χ3n) is 2.30. The molecule has 0 bridgehead atoms. The standard InChI is InChI=1S/C11H19OSi.2ClH.Ti/c1-4-5-10-12-13(2,3)11-8-6-7-9-11;;;/h6,8H,4-5,7,10H2,1-3H3;2*1H;/q-1;;;. The van der Waals surface area contributed by atoms with Crippen molar-refractivity contribution in [1.29, 1.82) is 0 Å². The van der Waals surface area contributed by atoms with E-state index in [0.29, 0.717) is 0 Å². The van der Waals surface area contributed by atoms with Crippen LogP contribution in [0.2, 0.25) is 13.1 Å². The average Bonchev–Trinajstić information content (AvgIpc) is 2.56. The fourth-order valence-corrected chi connectivity index (χ4v) is 3.22. The van der Waals surface area contributed by atoms with E-state index in [0.717, 1.165) is 13.0 Å². The molecule has 0 N–H and O–H groups in total. The smallest absolute Gasteiger partial charge is 0.182 e. The van der Waals surface area contributed by atoms with Gasteiger partial charge >= 0.3 is 0 Å². The minimum atomic E-state index is -1.59. The van der Waals surface area contributed by atoms with Crippen LogP contribution in [-0.2, 0) is 26.1 Å². The molecule has 94 valence electrons. The van der Waals surface area contributed by atoms with Crippen molar-refractivity contribution in [2.75, 3.05) is 6.61 Å². The molecule has 1 nitrogen and oxygen atoms in total. The molecule has 0 aromatic heterocycles. The van der Waals surface area contributed by atoms with Gasteiger partial charge in [0, 0.05) is 28.3 Å². The van der Waals surface area contributed by atoms with E-state index in [-0.39, 0.29) is 46.5 Å². The summed E-state index contributed by atoms with van der Waals surface area (Å²) in [7, 11) is -1.59. The van der Waals surface area contributed by atoms with E-state index >= 15 is 0 Å². The number of allylic oxidation sites excluding steroid dienone is 4. The number of unbranched alkanes of at least 4 members (excludes halogenated alkanes) is 1. The summed E-state index contributed by atoms with van der Waals surface area (Å²) in [4.78, 5) is 0. The van der Waals surface area contributed by atoms with E-state index in [4.69, 9.17) is 4.43 Å². The Bertz CT molecular complexity index is 230. The van der Waals surface area contributed by atoms with E-state index in [1.807, 2.05) is 0 Å². The molecular weight excluding hydrogens is 295 g/mol. The Morgan fingerprint density at radius 3 is 2.44 bits per heavy atom. The molecule has 0 aromatic rings. The molecule has 0 heterocycles. The van der Waals surface area contributed by atoms with Crippen LogP contribution < -0.4 is 0 Å². The van der Waals surface area contributed by atoms with Crippen LogP contribution in [0.4, 0.5) is 0 Å². The van der Waals surface area contributed by atoms with Crippen molar-refractivity contribution in [1.82, 2.24) is 0 Å². The van der Waals surface area contributed by atoms with E-state index in [1.165, 1.54) is 18.0 Å². The molecule has 0 saturated carbocycles. The molecule has 1 aliphatic carbocycles. The first-order chi connectivity index (χ1) is 6.17. The number of rotatable bonds is 5. The van der Waals surface area contributed by atoms with E-state index in [9.17, 15) is 0 Å². The molecule has 0 saturated heterocycles. The minimum absolute atomic E-state index is 0. The molecule has 0 amide bonds. The Morgan fingerprint density at radius 1 is 1.38 bits per heavy atom. The summed E-state index contributed by atoms with van der Waals surface area (Å²) in [5.74, 6) is 0. The third-order valence-corrected chi connectivity index (χ3v) is 4.87. The van der Waals surface area contributed by atoms with Gasteiger partial charge in [-0.1, -0.05) is 13.3 Å². The number of halogens is 2. The fourth-order valence-electron chi connectivity index (χ4n) is 1.37. The second-order valence-corrected chi connectivity index (χ2v) is 7.76. The molecule has 0 spiro atoms. The van der Waals surface area contributed by atoms with Crippen LogP contribution in [0.1, 0.15) is 26.2 Å². The minimum Gasteiger partial charge on any atom is -0.416 e. The normalized spacial score (nSPS) is 13.3. The summed E-state index contributed by atoms with van der Waals surface area (Å²) >= 11 is 0. The molecule has 0 radical (unpaired) electrons. The van der Waals surface area contributed by atoms with Crippen LogP contribution in [0.5, 0.6) is 0 Å². The van der Waals surface area contributed by atoms with Crippen LogP contribution >= 0.6 is 24.8 Å². The van der Waals surface area contributed by atoms with Crippen molar-refractivity contribution >= 4 is 33.1 Å². The molecule has 1 rings (SSSR count). The number of hydrogen-bond donors (Lipinski definition) is 0. The van der Waals surface area contributed by atoms with Crippen LogP contribution in [0.25, 0.3) is 0 Å². The topological polar surface area (TPSA) is 9.23 Å². The molecule has 0 fully saturated rings. The zero-order chi connectivity index (χ0) is 9.73. The van der Waals surface area contributed by atoms with Crippen LogP contribution in [0, 0.1) is 6.08 Å². The van der Waals surface area contributed by atoms with Crippen molar-refractivity contribution in [3.05, 3.63) is 23.4 Å². The zero-order valence-corrected chi connectivity index (χ0v) is 14.4. The summed E-state index contributed by atoms with van der Waals surface area (Å²) in [6.45, 7) is 7.61. The second kappa shape index (κ2) is 11.1. The summed E-state index contributed by atoms with van der Waals surface area (Å²) in [5, 5.41) is 1.34. The van der Waals surface area contributed by atoms with Crippen LogP contribution in [0.3, 0.4) is 0 Å². The maximum Gasteiger partial charge on any atom is 0.182 e. The zero-order valence-electron chi connectivity index (χ0n) is 10.2. The predicted octanol–water partition coefficient (Wildman–Crippen LogP) is 4.08. The first-order valence-electron chi connectivity index (χ1n) is 5.08. The van der Waals surface area contributed by atoms with Gasteiger partial charge in [0.1, 0.15) is 0 Å². The Labute approximate surface area is 128 Å². The maximum absolute atomic E-state index is 5.94. The van der Waals surface area contributed by atoms with Gasteiger partial charge in [0.05, 0.1) is 0 Å². The molecule has 1 aliphatic rings. The van der Waals surface area contributed by atoms with Crippen LogP contribution in [-0.4, -0.2) is 14.9 Å². The van der Waals surface area contributed by atoms with Gasteiger partial charge in [-0.3, -0.25) is 6.08 Å². The van der Waals surface area contributed by atoms with Crippen molar-refractivity contribution in [2.24, 2.45) is 0 Å². The summed E-state index contributed by atoms with van der Waals surface area (Å²) in [6, 6.07) is 0. The van der Waals surface area contributed by atoms with Gasteiger partial charge in [-0.2, -0.15) is 6.08 Å². The van der Waals surface area contributed by atoms with Gasteiger partial charge in [-0.05, 0) is 19.5 Å². The SMILES string of the molecule is CCCCO[Si](C)(C)C1=[C-]CC=C1.Cl.Cl.[Ti]. The van der Waals surface area contributed by atoms with Crippen molar-refractivity contribution in [3.63, 3.8) is 0 Å². The molecule has 16 heavy (non-hydrogen) atoms. The quantitative estimate of drug-likeness (QED) is 0.422. The van der Waals surface area contributed by atoms with E-state index in [2.05, 4.69) is 38.2 Å². The first kappa shape index (κ1) is 22.2. The molecule has 5 heteroatoms. The van der Waals surface area contributed by atoms with Crippen molar-refractivity contribution in [3.8, 4) is 0 Å². The van der Waals surface area contributed by atoms with Gasteiger partial charge < -0.3 is 4.43 Å². The van der Waals surface area contributed by atoms with E-state index in [1.54, 1.807) is 0 Å². The Kier molecular flexibility index (Phi) is 15.3. The van der Waals surface area contributed by atoms with Crippen molar-refractivity contribution < 1.29 is 26.1 Å². The molecule has 0 aliphatic heterocycles. The van der Waals surface area contributed by atoms with E-state index < -0.39 is 8.32 Å². The Hall–Kier alpha value is 0.951. The summed E-state index contributed by atoms with van der Waals surface area (Å²) in [5.41, 5.74) is 0. The first-order valence-corrected chi connectivity index (χ1v) is 7.99. The van der Waals surface area contributed by atoms with Gasteiger partial charge in [-0.15, -0.1) is 31.2 Å². The number of hydrogen-bond acceptors (Lipinski definition) is 1. The van der Waals surface area contributed by atoms with Crippen molar-refractivity contribution in [2.45, 2.75) is 39.3 Å². The average molecular weight is 316 g/mol. The van der Waals surface area contributed by atoms with Gasteiger partial charge in [0.2, 0.25) is 0 Å². The van der Waals surface area contributed by atoms with Gasteiger partial charge in [0.25, 0.3) is 0 Å². The largest absolute Gasteiger partial charge is 0.416 e. The second-order valence-electron chi connectivity index (χ2n) is 3.91. The summed E-state index contributed by atoms with van der Waals surface area (Å²) < 4.78 is 5.94. The summed E-state index contributed by atoms with van der Waals surface area (Å²) in [6.07, 6.45) is 11.1. The molecular formula is C11H21Cl2OSiTi-. The monoisotopic (exact) mass is 315 g/mol. The molecule has 0 atom stereocenters.